The first-order valence-corrected chi connectivity index (χ1v) is 11.4. The van der Waals surface area contributed by atoms with Gasteiger partial charge < -0.3 is 19.7 Å². The van der Waals surface area contributed by atoms with Crippen LogP contribution < -0.4 is 15.6 Å². The number of nitrogens with zero attached hydrogens (tertiary/aromatic N) is 1. The number of rotatable bonds is 10. The fourth-order valence-electron chi connectivity index (χ4n) is 3.79. The molecule has 1 amide bonds. The van der Waals surface area contributed by atoms with E-state index in [2.05, 4.69) is 10.1 Å². The van der Waals surface area contributed by atoms with E-state index >= 15 is 0 Å². The molecule has 1 heterocycles. The maximum atomic E-state index is 13.8. The molecule has 0 bridgehead atoms. The summed E-state index contributed by atoms with van der Waals surface area (Å²) in [5.41, 5.74) is -2.08. The second-order valence-corrected chi connectivity index (χ2v) is 8.46. The van der Waals surface area contributed by atoms with Crippen LogP contribution in [0.2, 0.25) is 0 Å². The molecule has 8 nitrogen and oxygen atoms in total. The predicted octanol–water partition coefficient (Wildman–Crippen LogP) is 4.14. The van der Waals surface area contributed by atoms with Crippen molar-refractivity contribution in [3.63, 3.8) is 0 Å². The van der Waals surface area contributed by atoms with Crippen molar-refractivity contribution in [3.05, 3.63) is 75.7 Å². The number of carboxylic acids is 1. The highest BCUT2D eigenvalue weighted by atomic mass is 19.4. The summed E-state index contributed by atoms with van der Waals surface area (Å²) in [6, 6.07) is 0.317. The highest BCUT2D eigenvalue weighted by molar-refractivity contribution is 5.94. The minimum Gasteiger partial charge on any atom is -0.481 e. The molecule has 40 heavy (non-hydrogen) atoms. The molecule has 0 saturated heterocycles. The molecule has 1 aromatic heterocycles. The van der Waals surface area contributed by atoms with Gasteiger partial charge in [-0.25, -0.2) is 8.78 Å². The molecule has 15 heteroatoms. The van der Waals surface area contributed by atoms with E-state index in [-0.39, 0.29) is 23.3 Å². The molecule has 214 valence electrons. The van der Waals surface area contributed by atoms with E-state index in [0.717, 1.165) is 22.9 Å². The lowest BCUT2D eigenvalue weighted by Crippen LogP contribution is -2.47. The van der Waals surface area contributed by atoms with Crippen LogP contribution in [0.3, 0.4) is 0 Å². The molecule has 3 aromatic rings. The standard InChI is InChI=1S/C25H19F7N2O6/c1-2-17(34-6-5-11-3-4-12(25(30,31)32)7-13(11)24(34)39)23(38)33-16(9-19(36)37)18(35)10-40-22-20(28)14(26)8-15(27)21(22)29/h3-8,16-17H,2,9-10H2,1H3,(H,33,38)(H,36,37)/t16-,17?/m0/s1. The number of ether oxygens (including phenoxy) is 1. The SMILES string of the molecule is CCC(C(=O)N[C@@H](CC(=O)O)C(=O)COc1c(F)c(F)cc(F)c1F)n1ccc2ccc(C(F)(F)F)cc2c1=O. The topological polar surface area (TPSA) is 115 Å². The first kappa shape index (κ1) is 30.1. The molecule has 0 saturated carbocycles. The zero-order chi connectivity index (χ0) is 29.9. The average Bonchev–Trinajstić information content (AvgIpc) is 2.87. The summed E-state index contributed by atoms with van der Waals surface area (Å²) in [7, 11) is 0. The van der Waals surface area contributed by atoms with Gasteiger partial charge in [-0.3, -0.25) is 19.2 Å². The Kier molecular flexibility index (Phi) is 8.85. The van der Waals surface area contributed by atoms with Crippen LogP contribution in [0.4, 0.5) is 30.7 Å². The number of hydrogen-bond acceptors (Lipinski definition) is 5. The number of Topliss-reactive ketones (excluding diaryl/α,β-unsaturated/α-hetero) is 1. The Bertz CT molecular complexity index is 1510. The van der Waals surface area contributed by atoms with Crippen molar-refractivity contribution in [2.75, 3.05) is 6.61 Å². The Morgan fingerprint density at radius 2 is 1.65 bits per heavy atom. The second kappa shape index (κ2) is 11.8. The fraction of sp³-hybridized carbons (Fsp3) is 0.280. The monoisotopic (exact) mass is 576 g/mol. The minimum atomic E-state index is -4.75. The number of aromatic nitrogens is 1. The van der Waals surface area contributed by atoms with Gasteiger partial charge in [0, 0.05) is 17.6 Å². The summed E-state index contributed by atoms with van der Waals surface area (Å²) in [5, 5.41) is 11.0. The second-order valence-electron chi connectivity index (χ2n) is 8.46. The molecule has 2 atom stereocenters. The van der Waals surface area contributed by atoms with Crippen LogP contribution in [-0.2, 0) is 20.6 Å². The number of halogens is 7. The van der Waals surface area contributed by atoms with Gasteiger partial charge in [-0.1, -0.05) is 13.0 Å². The van der Waals surface area contributed by atoms with E-state index in [1.165, 1.54) is 13.0 Å². The summed E-state index contributed by atoms with van der Waals surface area (Å²) < 4.78 is 99.2. The van der Waals surface area contributed by atoms with E-state index < -0.39 is 89.1 Å². The minimum absolute atomic E-state index is 0.101. The number of fused-ring (bicyclic) bond motifs is 1. The molecule has 0 aliphatic rings. The van der Waals surface area contributed by atoms with Crippen LogP contribution in [-0.4, -0.2) is 40.0 Å². The Labute approximate surface area is 220 Å². The largest absolute Gasteiger partial charge is 0.481 e. The number of carbonyl (C=O) groups excluding carboxylic acids is 2. The summed E-state index contributed by atoms with van der Waals surface area (Å²) in [6.07, 6.45) is -4.82. The van der Waals surface area contributed by atoms with Gasteiger partial charge in [0.15, 0.2) is 23.2 Å². The number of benzene rings is 2. The third-order valence-electron chi connectivity index (χ3n) is 5.80. The number of amides is 1. The molecule has 3 rings (SSSR count). The normalized spacial score (nSPS) is 13.1. The van der Waals surface area contributed by atoms with Gasteiger partial charge >= 0.3 is 12.1 Å². The molecule has 0 fully saturated rings. The fourth-order valence-corrected chi connectivity index (χ4v) is 3.79. The maximum absolute atomic E-state index is 13.8. The lowest BCUT2D eigenvalue weighted by Gasteiger charge is -2.22. The third kappa shape index (κ3) is 6.40. The van der Waals surface area contributed by atoms with Crippen molar-refractivity contribution in [2.24, 2.45) is 0 Å². The van der Waals surface area contributed by atoms with E-state index in [1.807, 2.05) is 0 Å². The summed E-state index contributed by atoms with van der Waals surface area (Å²) >= 11 is 0. The quantitative estimate of drug-likeness (QED) is 0.277. The van der Waals surface area contributed by atoms with Gasteiger partial charge in [-0.05, 0) is 30.0 Å². The Balaban J connectivity index is 1.87. The maximum Gasteiger partial charge on any atom is 0.416 e. The molecule has 1 unspecified atom stereocenters. The molecular formula is C25H19F7N2O6. The van der Waals surface area contributed by atoms with Crippen LogP contribution in [0.25, 0.3) is 10.8 Å². The molecule has 0 radical (unpaired) electrons. The number of ketones is 1. The van der Waals surface area contributed by atoms with Crippen LogP contribution in [0, 0.1) is 23.3 Å². The first-order chi connectivity index (χ1) is 18.6. The van der Waals surface area contributed by atoms with Crippen molar-refractivity contribution < 1.29 is 55.0 Å². The van der Waals surface area contributed by atoms with Crippen LogP contribution in [0.1, 0.15) is 31.4 Å². The van der Waals surface area contributed by atoms with Gasteiger partial charge in [0.1, 0.15) is 18.7 Å². The van der Waals surface area contributed by atoms with Crippen LogP contribution >= 0.6 is 0 Å². The Hall–Kier alpha value is -4.43. The lowest BCUT2D eigenvalue weighted by atomic mass is 10.1. The van der Waals surface area contributed by atoms with Crippen molar-refractivity contribution in [3.8, 4) is 5.75 Å². The lowest BCUT2D eigenvalue weighted by molar-refractivity contribution is -0.141. The number of nitrogens with one attached hydrogen (secondary N) is 1. The van der Waals surface area contributed by atoms with Gasteiger partial charge in [-0.15, -0.1) is 0 Å². The summed E-state index contributed by atoms with van der Waals surface area (Å²) in [6.45, 7) is 0.107. The van der Waals surface area contributed by atoms with E-state index in [0.29, 0.717) is 6.07 Å². The summed E-state index contributed by atoms with van der Waals surface area (Å²) in [4.78, 5) is 49.9. The molecular weight excluding hydrogens is 557 g/mol. The molecule has 2 aromatic carbocycles. The molecule has 0 spiro atoms. The predicted molar refractivity (Wildman–Crippen MR) is 123 cm³/mol. The summed E-state index contributed by atoms with van der Waals surface area (Å²) in [5.74, 6) is -13.1. The molecule has 0 aliphatic heterocycles. The number of aliphatic carboxylic acids is 1. The highest BCUT2D eigenvalue weighted by Crippen LogP contribution is 2.31. The van der Waals surface area contributed by atoms with Gasteiger partial charge in [-0.2, -0.15) is 22.0 Å². The van der Waals surface area contributed by atoms with Gasteiger partial charge in [0.2, 0.25) is 17.5 Å². The van der Waals surface area contributed by atoms with Crippen LogP contribution in [0.15, 0.2) is 41.3 Å². The van der Waals surface area contributed by atoms with E-state index in [1.54, 1.807) is 0 Å². The van der Waals surface area contributed by atoms with Crippen molar-refractivity contribution in [1.29, 1.82) is 0 Å². The van der Waals surface area contributed by atoms with Crippen molar-refractivity contribution in [2.45, 2.75) is 38.0 Å². The Morgan fingerprint density at radius 3 is 2.20 bits per heavy atom. The number of hydrogen-bond donors (Lipinski definition) is 2. The average molecular weight is 576 g/mol. The van der Waals surface area contributed by atoms with Gasteiger partial charge in [0.25, 0.3) is 5.56 Å². The molecule has 2 N–H and O–H groups in total. The van der Waals surface area contributed by atoms with Crippen molar-refractivity contribution in [1.82, 2.24) is 9.88 Å². The Morgan fingerprint density at radius 1 is 1.02 bits per heavy atom. The number of alkyl halides is 3. The smallest absolute Gasteiger partial charge is 0.416 e. The highest BCUT2D eigenvalue weighted by Gasteiger charge is 2.32. The zero-order valence-electron chi connectivity index (χ0n) is 20.3. The number of pyridine rings is 1. The first-order valence-electron chi connectivity index (χ1n) is 11.4. The number of carboxylic acid groups (broad SMARTS) is 1. The zero-order valence-corrected chi connectivity index (χ0v) is 20.3. The number of carbonyl (C=O) groups is 3. The van der Waals surface area contributed by atoms with Crippen molar-refractivity contribution >= 4 is 28.4 Å². The van der Waals surface area contributed by atoms with E-state index in [9.17, 15) is 49.9 Å². The molecule has 0 aliphatic carbocycles. The van der Waals surface area contributed by atoms with E-state index in [4.69, 9.17) is 5.11 Å². The van der Waals surface area contributed by atoms with Crippen LogP contribution in [0.5, 0.6) is 5.75 Å². The van der Waals surface area contributed by atoms with Gasteiger partial charge in [0.05, 0.1) is 12.0 Å². The third-order valence-corrected chi connectivity index (χ3v) is 5.80.